The number of hydrogen-bond donors (Lipinski definition) is 1. The van der Waals surface area contributed by atoms with Gasteiger partial charge < -0.3 is 19.5 Å². The Morgan fingerprint density at radius 2 is 1.79 bits per heavy atom. The van der Waals surface area contributed by atoms with E-state index in [0.29, 0.717) is 24.1 Å². The van der Waals surface area contributed by atoms with Crippen LogP contribution in [0.25, 0.3) is 10.9 Å². The van der Waals surface area contributed by atoms with Crippen molar-refractivity contribution in [3.63, 3.8) is 0 Å². The van der Waals surface area contributed by atoms with Crippen LogP contribution < -0.4 is 5.32 Å². The lowest BCUT2D eigenvalue weighted by Gasteiger charge is -2.30. The van der Waals surface area contributed by atoms with E-state index in [1.165, 1.54) is 4.90 Å². The van der Waals surface area contributed by atoms with Gasteiger partial charge in [0, 0.05) is 36.3 Å². The van der Waals surface area contributed by atoms with Crippen LogP contribution in [0.15, 0.2) is 60.8 Å². The van der Waals surface area contributed by atoms with Gasteiger partial charge in [-0.1, -0.05) is 36.4 Å². The van der Waals surface area contributed by atoms with E-state index in [1.54, 1.807) is 26.8 Å². The Balaban J connectivity index is 1.56. The van der Waals surface area contributed by atoms with Crippen molar-refractivity contribution < 1.29 is 19.1 Å². The van der Waals surface area contributed by atoms with Gasteiger partial charge in [-0.05, 0) is 51.0 Å². The van der Waals surface area contributed by atoms with Gasteiger partial charge in [-0.15, -0.1) is 0 Å². The largest absolute Gasteiger partial charge is 0.458 e. The molecule has 1 aromatic heterocycles. The molecule has 3 aromatic rings. The van der Waals surface area contributed by atoms with Crippen molar-refractivity contribution >= 4 is 28.7 Å². The quantitative estimate of drug-likeness (QED) is 0.606. The third kappa shape index (κ3) is 4.62. The molecule has 2 amide bonds. The molecule has 172 valence electrons. The molecule has 4 rings (SSSR count). The van der Waals surface area contributed by atoms with Crippen LogP contribution in [-0.4, -0.2) is 45.4 Å². The number of carbonyl (C=O) groups is 3. The van der Waals surface area contributed by atoms with Gasteiger partial charge in [0.15, 0.2) is 6.04 Å². The summed E-state index contributed by atoms with van der Waals surface area (Å²) in [5.74, 6) is -1.08. The molecule has 0 radical (unpaired) electrons. The number of hydrogen-bond acceptors (Lipinski definition) is 4. The Labute approximate surface area is 193 Å². The molecule has 0 saturated carbocycles. The van der Waals surface area contributed by atoms with Gasteiger partial charge in [-0.3, -0.25) is 9.59 Å². The number of nitrogens with one attached hydrogen (secondary N) is 1. The van der Waals surface area contributed by atoms with E-state index in [-0.39, 0.29) is 11.8 Å². The van der Waals surface area contributed by atoms with Crippen LogP contribution in [0.3, 0.4) is 0 Å². The first-order valence-corrected chi connectivity index (χ1v) is 11.1. The third-order valence-corrected chi connectivity index (χ3v) is 5.77. The Bertz CT molecular complexity index is 1190. The lowest BCUT2D eigenvalue weighted by atomic mass is 10.0. The molecule has 1 N–H and O–H groups in total. The van der Waals surface area contributed by atoms with E-state index < -0.39 is 23.7 Å². The van der Waals surface area contributed by atoms with Crippen molar-refractivity contribution in [2.75, 3.05) is 6.54 Å². The number of nitrogens with zero attached hydrogens (tertiary/aromatic N) is 2. The minimum absolute atomic E-state index is 0.289. The van der Waals surface area contributed by atoms with Crippen LogP contribution in [-0.2, 0) is 21.4 Å². The average Bonchev–Trinajstić information content (AvgIpc) is 3.31. The van der Waals surface area contributed by atoms with Crippen molar-refractivity contribution in [3.05, 3.63) is 71.9 Å². The highest BCUT2D eigenvalue weighted by Gasteiger charge is 2.42. The molecule has 0 unspecified atom stereocenters. The summed E-state index contributed by atoms with van der Waals surface area (Å²) < 4.78 is 7.57. The van der Waals surface area contributed by atoms with E-state index in [1.807, 2.05) is 66.3 Å². The van der Waals surface area contributed by atoms with Crippen molar-refractivity contribution in [2.24, 2.45) is 7.05 Å². The first-order valence-electron chi connectivity index (χ1n) is 11.1. The summed E-state index contributed by atoms with van der Waals surface area (Å²) in [6.45, 7) is 5.74. The predicted octanol–water partition coefficient (Wildman–Crippen LogP) is 3.59. The Morgan fingerprint density at radius 3 is 2.48 bits per heavy atom. The highest BCUT2D eigenvalue weighted by atomic mass is 16.6. The van der Waals surface area contributed by atoms with Crippen LogP contribution in [0, 0.1) is 0 Å². The number of ether oxygens (including phenoxy) is 1. The summed E-state index contributed by atoms with van der Waals surface area (Å²) in [6, 6.07) is 15.0. The number of fused-ring (bicyclic) bond motifs is 1. The normalized spacial score (nSPS) is 17.3. The standard InChI is InChI=1S/C26H29N3O4/c1-26(2,3)33-25(32)22(17-9-6-5-7-10-17)29-16-14-20(24(29)31)27-23(30)19-11-8-12-21-18(19)13-15-28(21)4/h5-13,15,20,22H,14,16H2,1-4H3,(H,27,30)/t20-,22+/m0/s1. The predicted molar refractivity (Wildman–Crippen MR) is 126 cm³/mol. The van der Waals surface area contributed by atoms with Gasteiger partial charge in [-0.2, -0.15) is 0 Å². The molecular formula is C26H29N3O4. The average molecular weight is 448 g/mol. The maximum Gasteiger partial charge on any atom is 0.334 e. The van der Waals surface area contributed by atoms with E-state index >= 15 is 0 Å². The molecule has 2 aromatic carbocycles. The van der Waals surface area contributed by atoms with E-state index in [4.69, 9.17) is 4.74 Å². The summed E-state index contributed by atoms with van der Waals surface area (Å²) >= 11 is 0. The van der Waals surface area contributed by atoms with Crippen molar-refractivity contribution in [2.45, 2.75) is 44.9 Å². The zero-order valence-corrected chi connectivity index (χ0v) is 19.4. The fraction of sp³-hybridized carbons (Fsp3) is 0.346. The molecular weight excluding hydrogens is 418 g/mol. The van der Waals surface area contributed by atoms with Crippen LogP contribution in [0.5, 0.6) is 0 Å². The van der Waals surface area contributed by atoms with Gasteiger partial charge in [0.2, 0.25) is 5.91 Å². The molecule has 1 saturated heterocycles. The van der Waals surface area contributed by atoms with Gasteiger partial charge in [0.1, 0.15) is 11.6 Å². The number of aromatic nitrogens is 1. The summed E-state index contributed by atoms with van der Waals surface area (Å²) in [4.78, 5) is 41.0. The molecule has 33 heavy (non-hydrogen) atoms. The fourth-order valence-electron chi connectivity index (χ4n) is 4.26. The zero-order chi connectivity index (χ0) is 23.8. The van der Waals surface area contributed by atoms with Crippen LogP contribution in [0.1, 0.15) is 49.2 Å². The topological polar surface area (TPSA) is 80.6 Å². The SMILES string of the molecule is Cn1ccc2c(C(=O)N[C@H]3CCN([C@@H](C(=O)OC(C)(C)C)c4ccccc4)C3=O)cccc21. The van der Waals surface area contributed by atoms with Crippen molar-refractivity contribution in [3.8, 4) is 0 Å². The van der Waals surface area contributed by atoms with Crippen LogP contribution >= 0.6 is 0 Å². The maximum absolute atomic E-state index is 13.3. The number of aryl methyl sites for hydroxylation is 1. The molecule has 7 nitrogen and oxygen atoms in total. The molecule has 7 heteroatoms. The second-order valence-corrected chi connectivity index (χ2v) is 9.36. The fourth-order valence-corrected chi connectivity index (χ4v) is 4.26. The smallest absolute Gasteiger partial charge is 0.334 e. The molecule has 1 aliphatic heterocycles. The minimum Gasteiger partial charge on any atom is -0.458 e. The molecule has 1 aliphatic rings. The monoisotopic (exact) mass is 447 g/mol. The molecule has 0 aliphatic carbocycles. The van der Waals surface area contributed by atoms with Crippen LogP contribution in [0.4, 0.5) is 0 Å². The third-order valence-electron chi connectivity index (χ3n) is 5.77. The zero-order valence-electron chi connectivity index (χ0n) is 19.4. The summed E-state index contributed by atoms with van der Waals surface area (Å²) in [6.07, 6.45) is 2.32. The Morgan fingerprint density at radius 1 is 1.06 bits per heavy atom. The van der Waals surface area contributed by atoms with E-state index in [9.17, 15) is 14.4 Å². The summed E-state index contributed by atoms with van der Waals surface area (Å²) in [5.41, 5.74) is 1.46. The van der Waals surface area contributed by atoms with Gasteiger partial charge in [-0.25, -0.2) is 4.79 Å². The second kappa shape index (κ2) is 8.73. The number of amides is 2. The lowest BCUT2D eigenvalue weighted by molar-refractivity contribution is -0.164. The lowest BCUT2D eigenvalue weighted by Crippen LogP contribution is -2.45. The molecule has 2 atom stereocenters. The molecule has 2 heterocycles. The molecule has 0 spiro atoms. The number of carbonyl (C=O) groups excluding carboxylic acids is 3. The molecule has 0 bridgehead atoms. The highest BCUT2D eigenvalue weighted by molar-refractivity contribution is 6.08. The number of rotatable bonds is 5. The van der Waals surface area contributed by atoms with Crippen molar-refractivity contribution in [1.82, 2.24) is 14.8 Å². The second-order valence-electron chi connectivity index (χ2n) is 9.36. The highest BCUT2D eigenvalue weighted by Crippen LogP contribution is 2.29. The van der Waals surface area contributed by atoms with Crippen LogP contribution in [0.2, 0.25) is 0 Å². The van der Waals surface area contributed by atoms with Crippen molar-refractivity contribution in [1.29, 1.82) is 0 Å². The number of benzene rings is 2. The number of likely N-dealkylation sites (tertiary alicyclic amines) is 1. The maximum atomic E-state index is 13.3. The van der Waals surface area contributed by atoms with Gasteiger partial charge in [0.25, 0.3) is 5.91 Å². The minimum atomic E-state index is -0.864. The Kier molecular flexibility index (Phi) is 5.97. The summed E-state index contributed by atoms with van der Waals surface area (Å²) in [5, 5.41) is 3.71. The van der Waals surface area contributed by atoms with Gasteiger partial charge >= 0.3 is 5.97 Å². The first kappa shape index (κ1) is 22.6. The Hall–Kier alpha value is -3.61. The summed E-state index contributed by atoms with van der Waals surface area (Å²) in [7, 11) is 1.92. The van der Waals surface area contributed by atoms with E-state index in [2.05, 4.69) is 5.32 Å². The van der Waals surface area contributed by atoms with E-state index in [0.717, 1.165) is 10.9 Å². The first-order chi connectivity index (χ1) is 15.7. The van der Waals surface area contributed by atoms with Gasteiger partial charge in [0.05, 0.1) is 0 Å². The molecule has 1 fully saturated rings. The number of esters is 1.